The summed E-state index contributed by atoms with van der Waals surface area (Å²) >= 11 is 0. The highest BCUT2D eigenvalue weighted by Crippen LogP contribution is 2.38. The van der Waals surface area contributed by atoms with Gasteiger partial charge in [0.05, 0.1) is 18.7 Å². The number of carbonyl (C=O) groups is 1. The van der Waals surface area contributed by atoms with E-state index in [-0.39, 0.29) is 11.4 Å². The van der Waals surface area contributed by atoms with Gasteiger partial charge < -0.3 is 40.0 Å². The average Bonchev–Trinajstić information content (AvgIpc) is 2.89. The summed E-state index contributed by atoms with van der Waals surface area (Å²) in [6, 6.07) is 6.58. The van der Waals surface area contributed by atoms with Gasteiger partial charge in [0.15, 0.2) is 7.16 Å². The summed E-state index contributed by atoms with van der Waals surface area (Å²) in [5.41, 5.74) is 0.402. The fourth-order valence-corrected chi connectivity index (χ4v) is 3.08. The second kappa shape index (κ2) is 6.86. The molecule has 0 saturated carbocycles. The first kappa shape index (κ1) is 17.3. The lowest BCUT2D eigenvalue weighted by molar-refractivity contribution is -0.329. The standard InChI is InChI=1S/C17H21NO8/c1-17(16(24)14(23)13(22)11(7-19)25-17)26-15-8-4-2-3-5-9(8)18-10(15)6-12(20)21/h2-5,11,13-14,16,18-19,22-24H,6-7H2,1H3,(H,20,21)/t11-,13-,14+,16-,17?/m1/s1/i/hD. The molecule has 2 heterocycles. The van der Waals surface area contributed by atoms with Crippen LogP contribution in [0.4, 0.5) is 0 Å². The molecule has 1 aliphatic rings. The van der Waals surface area contributed by atoms with Crippen LogP contribution in [0.25, 0.3) is 10.9 Å². The van der Waals surface area contributed by atoms with Crippen LogP contribution < -0.4 is 4.74 Å². The van der Waals surface area contributed by atoms with Gasteiger partial charge in [-0.1, -0.05) is 12.1 Å². The lowest BCUT2D eigenvalue weighted by atomic mass is 9.93. The van der Waals surface area contributed by atoms with Gasteiger partial charge in [0.25, 0.3) is 0 Å². The average molecular weight is 368 g/mol. The summed E-state index contributed by atoms with van der Waals surface area (Å²) in [5, 5.41) is 49.3. The molecule has 1 aromatic carbocycles. The Hall–Kier alpha value is -2.17. The van der Waals surface area contributed by atoms with Gasteiger partial charge >= 0.3 is 5.97 Å². The summed E-state index contributed by atoms with van der Waals surface area (Å²) in [5.74, 6) is -3.08. The molecule has 1 saturated heterocycles. The number of para-hydroxylation sites is 1. The number of benzene rings is 1. The number of ether oxygens (including phenoxy) is 2. The number of nitrogens with one attached hydrogen (secondary N) is 1. The van der Waals surface area contributed by atoms with Crippen LogP contribution in [-0.4, -0.2) is 73.3 Å². The van der Waals surface area contributed by atoms with Crippen molar-refractivity contribution in [1.82, 2.24) is 4.98 Å². The molecule has 9 heteroatoms. The summed E-state index contributed by atoms with van der Waals surface area (Å²) < 4.78 is 19.5. The topological polar surface area (TPSA) is 152 Å². The molecule has 2 aromatic rings. The molecular formula is C17H21NO8. The third-order valence-corrected chi connectivity index (χ3v) is 4.45. The first-order chi connectivity index (χ1) is 12.7. The monoisotopic (exact) mass is 368 g/mol. The predicted molar refractivity (Wildman–Crippen MR) is 88.7 cm³/mol. The quantitative estimate of drug-likeness (QED) is 0.408. The van der Waals surface area contributed by atoms with E-state index in [1.54, 1.807) is 24.3 Å². The lowest BCUT2D eigenvalue weighted by Gasteiger charge is -2.46. The van der Waals surface area contributed by atoms with Crippen molar-refractivity contribution in [2.45, 2.75) is 43.5 Å². The molecule has 1 fully saturated rings. The van der Waals surface area contributed by atoms with Gasteiger partial charge in [-0.15, -0.1) is 0 Å². The minimum atomic E-state index is -1.90. The summed E-state index contributed by atoms with van der Waals surface area (Å²) in [6.45, 7) is 0.669. The largest absolute Gasteiger partial charge is 0.481 e. The van der Waals surface area contributed by atoms with Crippen molar-refractivity contribution in [2.24, 2.45) is 0 Å². The van der Waals surface area contributed by atoms with Crippen molar-refractivity contribution in [3.8, 4) is 5.75 Å². The SMILES string of the molecule is [2H]n1c(CC(=O)O)c(OC2(C)O[C@H](CO)[C@@H](O)[C@H](O)[C@H]2O)c2ccccc21. The maximum absolute atomic E-state index is 11.2. The second-order valence-corrected chi connectivity index (χ2v) is 6.36. The van der Waals surface area contributed by atoms with Crippen LogP contribution in [0.2, 0.25) is 1.41 Å². The molecule has 0 aliphatic carbocycles. The number of hydrogen-bond donors (Lipinski definition) is 6. The van der Waals surface area contributed by atoms with Crippen LogP contribution in [0.1, 0.15) is 12.6 Å². The van der Waals surface area contributed by atoms with Gasteiger partial charge in [0.1, 0.15) is 24.4 Å². The minimum absolute atomic E-state index is 0.00447. The number of fused-ring (bicyclic) bond motifs is 1. The molecule has 26 heavy (non-hydrogen) atoms. The van der Waals surface area contributed by atoms with Crippen LogP contribution in [0.5, 0.6) is 5.75 Å². The normalized spacial score (nSPS) is 32.4. The van der Waals surface area contributed by atoms with Crippen LogP contribution in [0.15, 0.2) is 24.3 Å². The van der Waals surface area contributed by atoms with Gasteiger partial charge in [-0.05, 0) is 12.1 Å². The molecule has 142 valence electrons. The number of H-pyrrole nitrogens is 1. The van der Waals surface area contributed by atoms with Crippen molar-refractivity contribution >= 4 is 16.9 Å². The van der Waals surface area contributed by atoms with Crippen LogP contribution >= 0.6 is 0 Å². The van der Waals surface area contributed by atoms with E-state index in [4.69, 9.17) is 10.9 Å². The maximum atomic E-state index is 11.2. The molecule has 0 radical (unpaired) electrons. The Morgan fingerprint density at radius 3 is 2.69 bits per heavy atom. The zero-order valence-electron chi connectivity index (χ0n) is 14.9. The third kappa shape index (κ3) is 3.15. The Labute approximate surface area is 149 Å². The van der Waals surface area contributed by atoms with E-state index in [0.29, 0.717) is 10.9 Å². The van der Waals surface area contributed by atoms with Crippen LogP contribution in [0.3, 0.4) is 0 Å². The molecule has 0 spiro atoms. The fraction of sp³-hybridized carbons (Fsp3) is 0.471. The van der Waals surface area contributed by atoms with Crippen molar-refractivity contribution < 1.29 is 41.2 Å². The maximum Gasteiger partial charge on any atom is 0.309 e. The number of aromatic amines is 1. The van der Waals surface area contributed by atoms with Crippen LogP contribution in [-0.2, 0) is 16.0 Å². The van der Waals surface area contributed by atoms with Crippen molar-refractivity contribution in [1.29, 1.82) is 0 Å². The summed E-state index contributed by atoms with van der Waals surface area (Å²) in [7, 11) is 0. The number of rotatable bonds is 5. The molecule has 0 bridgehead atoms. The zero-order valence-corrected chi connectivity index (χ0v) is 13.9. The van der Waals surface area contributed by atoms with Crippen LogP contribution in [0, 0.1) is 0 Å². The molecule has 5 atom stereocenters. The van der Waals surface area contributed by atoms with E-state index < -0.39 is 49.2 Å². The van der Waals surface area contributed by atoms with Crippen molar-refractivity contribution in [3.63, 3.8) is 0 Å². The molecule has 1 aromatic heterocycles. The zero-order chi connectivity index (χ0) is 19.9. The number of aliphatic hydroxyl groups is 4. The van der Waals surface area contributed by atoms with E-state index in [2.05, 4.69) is 0 Å². The Balaban J connectivity index is 2.08. The highest BCUT2D eigenvalue weighted by Gasteiger charge is 2.53. The van der Waals surface area contributed by atoms with Gasteiger partial charge in [-0.3, -0.25) is 4.79 Å². The van der Waals surface area contributed by atoms with E-state index in [1.807, 2.05) is 0 Å². The molecule has 1 aliphatic heterocycles. The lowest BCUT2D eigenvalue weighted by Crippen LogP contribution is -2.66. The van der Waals surface area contributed by atoms with E-state index in [9.17, 15) is 30.3 Å². The number of aromatic nitrogens is 1. The molecule has 1 unspecified atom stereocenters. The second-order valence-electron chi connectivity index (χ2n) is 6.36. The summed E-state index contributed by atoms with van der Waals surface area (Å²) in [4.78, 5) is 12.2. The highest BCUT2D eigenvalue weighted by atomic mass is 16.7. The summed E-state index contributed by atoms with van der Waals surface area (Å²) in [6.07, 6.45) is -6.62. The minimum Gasteiger partial charge on any atom is -0.481 e. The first-order valence-electron chi connectivity index (χ1n) is 8.49. The predicted octanol–water partition coefficient (Wildman–Crippen LogP) is -0.636. The Bertz CT molecular complexity index is 853. The van der Waals surface area contributed by atoms with E-state index >= 15 is 0 Å². The van der Waals surface area contributed by atoms with E-state index in [0.717, 1.165) is 4.98 Å². The van der Waals surface area contributed by atoms with E-state index in [1.165, 1.54) is 6.92 Å². The van der Waals surface area contributed by atoms with Crippen molar-refractivity contribution in [2.75, 3.05) is 6.61 Å². The number of aliphatic carboxylic acids is 1. The van der Waals surface area contributed by atoms with Crippen molar-refractivity contribution in [3.05, 3.63) is 30.0 Å². The molecule has 3 rings (SSSR count). The fourth-order valence-electron chi connectivity index (χ4n) is 3.08. The number of hydrogen-bond acceptors (Lipinski definition) is 7. The van der Waals surface area contributed by atoms with Gasteiger partial charge in [-0.25, -0.2) is 0 Å². The number of carboxylic acid groups (broad SMARTS) is 1. The third-order valence-electron chi connectivity index (χ3n) is 4.45. The molecule has 0 amide bonds. The van der Waals surface area contributed by atoms with Gasteiger partial charge in [0.2, 0.25) is 5.79 Å². The smallest absolute Gasteiger partial charge is 0.309 e. The van der Waals surface area contributed by atoms with Gasteiger partial charge in [-0.2, -0.15) is 0 Å². The first-order valence-corrected chi connectivity index (χ1v) is 8.05. The number of aliphatic hydroxyl groups excluding tert-OH is 4. The van der Waals surface area contributed by atoms with Gasteiger partial charge in [0, 0.05) is 17.8 Å². The Kier molecular flexibility index (Phi) is 4.55. The Morgan fingerprint density at radius 2 is 2.04 bits per heavy atom. The Morgan fingerprint density at radius 1 is 1.35 bits per heavy atom. The molecule has 6 N–H and O–H groups in total. The molecular weight excluding hydrogens is 346 g/mol. The highest BCUT2D eigenvalue weighted by molar-refractivity contribution is 5.89. The number of carboxylic acids is 1. The molecule has 9 nitrogen and oxygen atoms in total.